The molecule has 0 bridgehead atoms. The van der Waals surface area contributed by atoms with Crippen molar-refractivity contribution < 1.29 is 13.9 Å². The number of rotatable bonds is 7. The van der Waals surface area contributed by atoms with Crippen LogP contribution in [0.2, 0.25) is 0 Å². The summed E-state index contributed by atoms with van der Waals surface area (Å²) in [7, 11) is 0. The zero-order chi connectivity index (χ0) is 20.8. The van der Waals surface area contributed by atoms with Gasteiger partial charge in [-0.1, -0.05) is 42.0 Å². The molecule has 0 aliphatic rings. The van der Waals surface area contributed by atoms with E-state index in [0.29, 0.717) is 23.8 Å². The summed E-state index contributed by atoms with van der Waals surface area (Å²) in [6.07, 6.45) is 2.95. The summed E-state index contributed by atoms with van der Waals surface area (Å²) in [5.74, 6) is 0.822. The number of aromatic nitrogens is 2. The van der Waals surface area contributed by atoms with E-state index in [0.717, 1.165) is 11.1 Å². The standard InChI is InChI=1S/C23H20N4O3/c1-16-8-10-17(11-9-16)15-30-22-7-3-2-6-19(22)20-13-21(26-25-20)23(28)27-24-14-18-5-4-12-29-18/h2-14H,15H2,1H3,(H,25,26)(H,27,28)/b24-14+. The molecule has 150 valence electrons. The van der Waals surface area contributed by atoms with Crippen LogP contribution in [0, 0.1) is 6.92 Å². The van der Waals surface area contributed by atoms with Gasteiger partial charge in [-0.2, -0.15) is 10.2 Å². The van der Waals surface area contributed by atoms with Crippen LogP contribution in [0.3, 0.4) is 0 Å². The highest BCUT2D eigenvalue weighted by molar-refractivity contribution is 5.94. The van der Waals surface area contributed by atoms with E-state index in [1.54, 1.807) is 18.2 Å². The number of hydrogen-bond acceptors (Lipinski definition) is 5. The van der Waals surface area contributed by atoms with Crippen LogP contribution < -0.4 is 10.2 Å². The molecular weight excluding hydrogens is 380 g/mol. The lowest BCUT2D eigenvalue weighted by molar-refractivity contribution is 0.0950. The number of aromatic amines is 1. The molecular formula is C23H20N4O3. The van der Waals surface area contributed by atoms with Crippen molar-refractivity contribution in [3.8, 4) is 17.0 Å². The van der Waals surface area contributed by atoms with E-state index < -0.39 is 5.91 Å². The van der Waals surface area contributed by atoms with E-state index in [9.17, 15) is 4.79 Å². The smallest absolute Gasteiger partial charge is 0.289 e. The van der Waals surface area contributed by atoms with Crippen LogP contribution >= 0.6 is 0 Å². The van der Waals surface area contributed by atoms with Gasteiger partial charge in [0.15, 0.2) is 0 Å². The topological polar surface area (TPSA) is 92.5 Å². The molecule has 0 saturated carbocycles. The summed E-state index contributed by atoms with van der Waals surface area (Å²) in [6, 6.07) is 20.9. The summed E-state index contributed by atoms with van der Waals surface area (Å²) >= 11 is 0. The molecule has 4 rings (SSSR count). The fourth-order valence-corrected chi connectivity index (χ4v) is 2.80. The quantitative estimate of drug-likeness (QED) is 0.357. The number of benzene rings is 2. The largest absolute Gasteiger partial charge is 0.488 e. The maximum Gasteiger partial charge on any atom is 0.289 e. The van der Waals surface area contributed by atoms with Crippen LogP contribution in [0.1, 0.15) is 27.4 Å². The third-order valence-corrected chi connectivity index (χ3v) is 4.40. The average Bonchev–Trinajstić information content (AvgIpc) is 3.46. The van der Waals surface area contributed by atoms with Crippen LogP contribution in [0.15, 0.2) is 82.5 Å². The molecule has 4 aromatic rings. The lowest BCUT2D eigenvalue weighted by Gasteiger charge is -2.10. The highest BCUT2D eigenvalue weighted by Gasteiger charge is 2.14. The molecule has 0 radical (unpaired) electrons. The van der Waals surface area contributed by atoms with Gasteiger partial charge in [-0.05, 0) is 42.8 Å². The zero-order valence-corrected chi connectivity index (χ0v) is 16.3. The van der Waals surface area contributed by atoms with E-state index in [-0.39, 0.29) is 5.69 Å². The van der Waals surface area contributed by atoms with Gasteiger partial charge in [-0.15, -0.1) is 0 Å². The molecule has 0 fully saturated rings. The van der Waals surface area contributed by atoms with E-state index in [4.69, 9.17) is 9.15 Å². The third kappa shape index (κ3) is 4.64. The van der Waals surface area contributed by atoms with E-state index in [2.05, 4.69) is 32.9 Å². The minimum absolute atomic E-state index is 0.287. The molecule has 7 heteroatoms. The second-order valence-electron chi connectivity index (χ2n) is 6.65. The molecule has 0 unspecified atom stereocenters. The lowest BCUT2D eigenvalue weighted by Crippen LogP contribution is -2.17. The Balaban J connectivity index is 1.45. The first-order chi connectivity index (χ1) is 14.7. The van der Waals surface area contributed by atoms with Crippen LogP contribution in [0.25, 0.3) is 11.3 Å². The number of ether oxygens (including phenoxy) is 1. The number of aryl methyl sites for hydroxylation is 1. The minimum atomic E-state index is -0.408. The van der Waals surface area contributed by atoms with Crippen LogP contribution in [0.5, 0.6) is 5.75 Å². The first-order valence-corrected chi connectivity index (χ1v) is 9.39. The Bertz CT molecular complexity index is 1150. The molecule has 2 heterocycles. The summed E-state index contributed by atoms with van der Waals surface area (Å²) in [6.45, 7) is 2.49. The first kappa shape index (κ1) is 19.2. The summed E-state index contributed by atoms with van der Waals surface area (Å²) in [4.78, 5) is 12.3. The number of hydrazone groups is 1. The van der Waals surface area contributed by atoms with Gasteiger partial charge < -0.3 is 9.15 Å². The van der Waals surface area contributed by atoms with Crippen molar-refractivity contribution in [3.05, 3.63) is 95.6 Å². The van der Waals surface area contributed by atoms with Gasteiger partial charge >= 0.3 is 0 Å². The van der Waals surface area contributed by atoms with Gasteiger partial charge in [0.25, 0.3) is 5.91 Å². The number of amides is 1. The Hall–Kier alpha value is -4.13. The normalized spacial score (nSPS) is 11.0. The zero-order valence-electron chi connectivity index (χ0n) is 16.3. The number of furan rings is 1. The molecule has 2 N–H and O–H groups in total. The molecule has 7 nitrogen and oxygen atoms in total. The maximum atomic E-state index is 12.3. The van der Waals surface area contributed by atoms with Gasteiger partial charge in [0.05, 0.1) is 18.2 Å². The van der Waals surface area contributed by atoms with Gasteiger partial charge in [-0.25, -0.2) is 5.43 Å². The highest BCUT2D eigenvalue weighted by Crippen LogP contribution is 2.29. The number of carbonyl (C=O) groups is 1. The van der Waals surface area contributed by atoms with E-state index in [1.165, 1.54) is 18.0 Å². The number of para-hydroxylation sites is 1. The Morgan fingerprint density at radius 2 is 2.00 bits per heavy atom. The summed E-state index contributed by atoms with van der Waals surface area (Å²) in [5, 5.41) is 10.9. The van der Waals surface area contributed by atoms with Crippen LogP contribution in [0.4, 0.5) is 0 Å². The van der Waals surface area contributed by atoms with E-state index in [1.807, 2.05) is 43.3 Å². The molecule has 0 saturated heterocycles. The van der Waals surface area contributed by atoms with Crippen molar-refractivity contribution in [2.75, 3.05) is 0 Å². The molecule has 2 aromatic heterocycles. The molecule has 0 spiro atoms. The second kappa shape index (κ2) is 8.91. The van der Waals surface area contributed by atoms with Crippen molar-refractivity contribution in [2.45, 2.75) is 13.5 Å². The number of nitrogens with zero attached hydrogens (tertiary/aromatic N) is 2. The van der Waals surface area contributed by atoms with Crippen molar-refractivity contribution in [3.63, 3.8) is 0 Å². The predicted molar refractivity (Wildman–Crippen MR) is 113 cm³/mol. The second-order valence-corrected chi connectivity index (χ2v) is 6.65. The third-order valence-electron chi connectivity index (χ3n) is 4.40. The van der Waals surface area contributed by atoms with Gasteiger partial charge in [0, 0.05) is 5.56 Å². The predicted octanol–water partition coefficient (Wildman–Crippen LogP) is 4.32. The molecule has 0 aliphatic carbocycles. The monoisotopic (exact) mass is 400 g/mol. The Morgan fingerprint density at radius 3 is 2.80 bits per heavy atom. The Labute approximate surface area is 173 Å². The molecule has 0 atom stereocenters. The number of nitrogens with one attached hydrogen (secondary N) is 2. The SMILES string of the molecule is Cc1ccc(COc2ccccc2-c2cc(C(=O)N/N=C/c3ccco3)[nH]n2)cc1. The fourth-order valence-electron chi connectivity index (χ4n) is 2.80. The number of H-pyrrole nitrogens is 1. The number of hydrogen-bond donors (Lipinski definition) is 2. The molecule has 30 heavy (non-hydrogen) atoms. The van der Waals surface area contributed by atoms with Crippen molar-refractivity contribution >= 4 is 12.1 Å². The number of carbonyl (C=O) groups excluding carboxylic acids is 1. The van der Waals surface area contributed by atoms with Crippen LogP contribution in [-0.4, -0.2) is 22.3 Å². The van der Waals surface area contributed by atoms with Gasteiger partial charge in [0.2, 0.25) is 0 Å². The van der Waals surface area contributed by atoms with Gasteiger partial charge in [-0.3, -0.25) is 9.89 Å². The summed E-state index contributed by atoms with van der Waals surface area (Å²) < 4.78 is 11.1. The molecule has 1 amide bonds. The lowest BCUT2D eigenvalue weighted by atomic mass is 10.1. The minimum Gasteiger partial charge on any atom is -0.488 e. The summed E-state index contributed by atoms with van der Waals surface area (Å²) in [5.41, 5.74) is 6.40. The van der Waals surface area contributed by atoms with E-state index >= 15 is 0 Å². The molecule has 2 aromatic carbocycles. The maximum absolute atomic E-state index is 12.3. The van der Waals surface area contributed by atoms with Crippen molar-refractivity contribution in [1.29, 1.82) is 0 Å². The van der Waals surface area contributed by atoms with Crippen LogP contribution in [-0.2, 0) is 6.61 Å². The fraction of sp³-hybridized carbons (Fsp3) is 0.0870. The van der Waals surface area contributed by atoms with Crippen molar-refractivity contribution in [1.82, 2.24) is 15.6 Å². The first-order valence-electron chi connectivity index (χ1n) is 9.39. The van der Waals surface area contributed by atoms with Gasteiger partial charge in [0.1, 0.15) is 23.8 Å². The molecule has 0 aliphatic heterocycles. The Kier molecular flexibility index (Phi) is 5.70. The highest BCUT2D eigenvalue weighted by atomic mass is 16.5. The average molecular weight is 400 g/mol. The Morgan fingerprint density at radius 1 is 1.17 bits per heavy atom. The van der Waals surface area contributed by atoms with Crippen molar-refractivity contribution in [2.24, 2.45) is 5.10 Å².